The Hall–Kier alpha value is -1.53. The van der Waals surface area contributed by atoms with Crippen molar-refractivity contribution in [1.82, 2.24) is 4.90 Å². The number of non-ortho nitro benzene ring substituents is 1. The number of nitro groups is 1. The highest BCUT2D eigenvalue weighted by molar-refractivity contribution is 5.34. The number of hydrogen-bond donors (Lipinski definition) is 1. The summed E-state index contributed by atoms with van der Waals surface area (Å²) in [5, 5.41) is 20.7. The number of hydrogen-bond acceptors (Lipinski definition) is 4. The van der Waals surface area contributed by atoms with Crippen LogP contribution in [0.1, 0.15) is 32.3 Å². The maximum atomic E-state index is 13.9. The van der Waals surface area contributed by atoms with Crippen molar-refractivity contribution >= 4 is 5.69 Å². The molecule has 6 heteroatoms. The smallest absolute Gasteiger partial charge is 0.272 e. The van der Waals surface area contributed by atoms with Crippen LogP contribution in [0.2, 0.25) is 0 Å². The van der Waals surface area contributed by atoms with E-state index in [1.807, 2.05) is 4.90 Å². The van der Waals surface area contributed by atoms with Crippen LogP contribution in [0.5, 0.6) is 0 Å². The molecule has 2 rings (SSSR count). The Morgan fingerprint density at radius 3 is 2.80 bits per heavy atom. The maximum Gasteiger partial charge on any atom is 0.272 e. The Balaban J connectivity index is 2.16. The van der Waals surface area contributed by atoms with Gasteiger partial charge in [-0.25, -0.2) is 4.39 Å². The summed E-state index contributed by atoms with van der Waals surface area (Å²) in [4.78, 5) is 12.0. The number of benzene rings is 1. The van der Waals surface area contributed by atoms with Crippen molar-refractivity contribution in [3.05, 3.63) is 39.7 Å². The molecular weight excluding hydrogens is 263 g/mol. The Labute approximate surface area is 117 Å². The number of nitro benzene ring substituents is 1. The van der Waals surface area contributed by atoms with Crippen LogP contribution in [0.4, 0.5) is 10.1 Å². The number of rotatable bonds is 4. The number of halogens is 1. The molecule has 1 atom stereocenters. The SMILES string of the molecule is CC(C)(O)C1CCCN1Cc1ccc([N+](=O)[O-])cc1F. The normalized spacial score (nSPS) is 20.3. The molecule has 0 bridgehead atoms. The molecule has 0 aliphatic carbocycles. The predicted molar refractivity (Wildman–Crippen MR) is 72.8 cm³/mol. The van der Waals surface area contributed by atoms with Crippen molar-refractivity contribution in [1.29, 1.82) is 0 Å². The van der Waals surface area contributed by atoms with Gasteiger partial charge in [0.05, 0.1) is 16.6 Å². The van der Waals surface area contributed by atoms with Gasteiger partial charge in [-0.15, -0.1) is 0 Å². The molecule has 1 N–H and O–H groups in total. The van der Waals surface area contributed by atoms with Crippen molar-refractivity contribution in [2.75, 3.05) is 6.54 Å². The molecule has 1 unspecified atom stereocenters. The quantitative estimate of drug-likeness (QED) is 0.680. The molecule has 1 fully saturated rings. The predicted octanol–water partition coefficient (Wildman–Crippen LogP) is 2.47. The highest BCUT2D eigenvalue weighted by Gasteiger charge is 2.35. The van der Waals surface area contributed by atoms with Crippen LogP contribution in [-0.4, -0.2) is 33.1 Å². The van der Waals surface area contributed by atoms with Crippen molar-refractivity contribution in [3.8, 4) is 0 Å². The van der Waals surface area contributed by atoms with Gasteiger partial charge in [0.15, 0.2) is 0 Å². The lowest BCUT2D eigenvalue weighted by Crippen LogP contribution is -2.45. The summed E-state index contributed by atoms with van der Waals surface area (Å²) in [5.41, 5.74) is -0.660. The Kier molecular flexibility index (Phi) is 4.06. The molecule has 1 saturated heterocycles. The third kappa shape index (κ3) is 3.13. The Bertz CT molecular complexity index is 514. The maximum absolute atomic E-state index is 13.9. The molecule has 1 heterocycles. The van der Waals surface area contributed by atoms with E-state index in [1.165, 1.54) is 12.1 Å². The topological polar surface area (TPSA) is 66.6 Å². The van der Waals surface area contributed by atoms with Gasteiger partial charge in [0, 0.05) is 24.2 Å². The van der Waals surface area contributed by atoms with Crippen LogP contribution < -0.4 is 0 Å². The van der Waals surface area contributed by atoms with E-state index in [4.69, 9.17) is 0 Å². The minimum absolute atomic E-state index is 0.0166. The first-order valence-corrected chi connectivity index (χ1v) is 6.68. The average Bonchev–Trinajstić information content (AvgIpc) is 2.79. The van der Waals surface area contributed by atoms with E-state index in [-0.39, 0.29) is 11.7 Å². The van der Waals surface area contributed by atoms with E-state index in [2.05, 4.69) is 0 Å². The second kappa shape index (κ2) is 5.46. The second-order valence-electron chi connectivity index (χ2n) is 5.81. The van der Waals surface area contributed by atoms with Crippen LogP contribution in [0, 0.1) is 15.9 Å². The van der Waals surface area contributed by atoms with Gasteiger partial charge in [0.2, 0.25) is 0 Å². The van der Waals surface area contributed by atoms with Crippen LogP contribution in [0.3, 0.4) is 0 Å². The molecule has 1 aliphatic rings. The largest absolute Gasteiger partial charge is 0.389 e. The van der Waals surface area contributed by atoms with Crippen molar-refractivity contribution in [2.24, 2.45) is 0 Å². The fourth-order valence-electron chi connectivity index (χ4n) is 2.81. The molecule has 20 heavy (non-hydrogen) atoms. The Morgan fingerprint density at radius 1 is 1.55 bits per heavy atom. The van der Waals surface area contributed by atoms with Crippen LogP contribution in [-0.2, 0) is 6.54 Å². The van der Waals surface area contributed by atoms with Gasteiger partial charge in [0.1, 0.15) is 5.82 Å². The lowest BCUT2D eigenvalue weighted by atomic mass is 9.96. The number of likely N-dealkylation sites (tertiary alicyclic amines) is 1. The van der Waals surface area contributed by atoms with Gasteiger partial charge in [-0.1, -0.05) is 0 Å². The van der Waals surface area contributed by atoms with Gasteiger partial charge in [-0.05, 0) is 39.3 Å². The molecule has 1 aromatic rings. The highest BCUT2D eigenvalue weighted by Crippen LogP contribution is 2.29. The fourth-order valence-corrected chi connectivity index (χ4v) is 2.81. The van der Waals surface area contributed by atoms with Crippen molar-refractivity contribution < 1.29 is 14.4 Å². The van der Waals surface area contributed by atoms with E-state index >= 15 is 0 Å². The minimum Gasteiger partial charge on any atom is -0.389 e. The van der Waals surface area contributed by atoms with Crippen LogP contribution in [0.15, 0.2) is 18.2 Å². The molecule has 1 aliphatic heterocycles. The molecule has 1 aromatic carbocycles. The van der Waals surface area contributed by atoms with Crippen molar-refractivity contribution in [2.45, 2.75) is 44.9 Å². The summed E-state index contributed by atoms with van der Waals surface area (Å²) in [7, 11) is 0. The molecule has 0 radical (unpaired) electrons. The van der Waals surface area contributed by atoms with Crippen LogP contribution >= 0.6 is 0 Å². The zero-order valence-electron chi connectivity index (χ0n) is 11.7. The molecule has 0 spiro atoms. The summed E-state index contributed by atoms with van der Waals surface area (Å²) in [6, 6.07) is 3.70. The summed E-state index contributed by atoms with van der Waals surface area (Å²) in [5.74, 6) is -0.569. The minimum atomic E-state index is -0.840. The van der Waals surface area contributed by atoms with E-state index < -0.39 is 16.3 Å². The zero-order valence-corrected chi connectivity index (χ0v) is 11.7. The van der Waals surface area contributed by atoms with E-state index in [0.29, 0.717) is 12.1 Å². The zero-order chi connectivity index (χ0) is 14.9. The van der Waals surface area contributed by atoms with E-state index in [1.54, 1.807) is 13.8 Å². The first-order chi connectivity index (χ1) is 9.29. The molecule has 0 aromatic heterocycles. The molecule has 0 amide bonds. The first kappa shape index (κ1) is 14.9. The lowest BCUT2D eigenvalue weighted by molar-refractivity contribution is -0.385. The molecular formula is C14H19FN2O3. The number of aliphatic hydroxyl groups is 1. The fraction of sp³-hybridized carbons (Fsp3) is 0.571. The third-order valence-corrected chi connectivity index (χ3v) is 3.80. The summed E-state index contributed by atoms with van der Waals surface area (Å²) in [6.07, 6.45) is 1.83. The summed E-state index contributed by atoms with van der Waals surface area (Å²) in [6.45, 7) is 4.66. The van der Waals surface area contributed by atoms with Gasteiger partial charge in [-0.2, -0.15) is 0 Å². The molecule has 0 saturated carbocycles. The van der Waals surface area contributed by atoms with Gasteiger partial charge in [0.25, 0.3) is 5.69 Å². The Morgan fingerprint density at radius 2 is 2.25 bits per heavy atom. The van der Waals surface area contributed by atoms with Crippen molar-refractivity contribution in [3.63, 3.8) is 0 Å². The summed E-state index contributed by atoms with van der Waals surface area (Å²) >= 11 is 0. The first-order valence-electron chi connectivity index (χ1n) is 6.68. The lowest BCUT2D eigenvalue weighted by Gasteiger charge is -2.33. The van der Waals surface area contributed by atoms with E-state index in [9.17, 15) is 19.6 Å². The summed E-state index contributed by atoms with van der Waals surface area (Å²) < 4.78 is 13.9. The second-order valence-corrected chi connectivity index (χ2v) is 5.81. The van der Waals surface area contributed by atoms with E-state index in [0.717, 1.165) is 25.5 Å². The number of nitrogens with zero attached hydrogens (tertiary/aromatic N) is 2. The third-order valence-electron chi connectivity index (χ3n) is 3.80. The monoisotopic (exact) mass is 282 g/mol. The van der Waals surface area contributed by atoms with Gasteiger partial charge >= 0.3 is 0 Å². The molecule has 110 valence electrons. The average molecular weight is 282 g/mol. The van der Waals surface area contributed by atoms with Crippen LogP contribution in [0.25, 0.3) is 0 Å². The van der Waals surface area contributed by atoms with Gasteiger partial charge in [-0.3, -0.25) is 15.0 Å². The van der Waals surface area contributed by atoms with Gasteiger partial charge < -0.3 is 5.11 Å². The standard InChI is InChI=1S/C14H19FN2O3/c1-14(2,18)13-4-3-7-16(13)9-10-5-6-11(17(19)20)8-12(10)15/h5-6,8,13,18H,3-4,7,9H2,1-2H3. The molecule has 5 nitrogen and oxygen atoms in total. The highest BCUT2D eigenvalue weighted by atomic mass is 19.1.